The monoisotopic (exact) mass is 428 g/mol. The van der Waals surface area contributed by atoms with Gasteiger partial charge in [0.1, 0.15) is 0 Å². The number of hydrogen-bond donors (Lipinski definition) is 0. The molecule has 0 bridgehead atoms. The first-order valence-corrected chi connectivity index (χ1v) is 8.51. The van der Waals surface area contributed by atoms with Crippen molar-refractivity contribution >= 4 is 22.9 Å². The quantitative estimate of drug-likeness (QED) is 0.521. The van der Waals surface area contributed by atoms with Gasteiger partial charge in [-0.05, 0) is 0 Å². The number of ether oxygens (including phenoxy) is 1. The molecule has 1 aromatic carbocycles. The van der Waals surface area contributed by atoms with Crippen LogP contribution in [0.1, 0.15) is 5.56 Å². The SMILES string of the molecule is COc1cncc(N2CCN(c3c([N+](=O)[O-])cc(C(F)(F)F)cc3[N+](=O)[O-])CC2)n1. The van der Waals surface area contributed by atoms with E-state index in [-0.39, 0.29) is 32.1 Å². The Morgan fingerprint density at radius 3 is 2.00 bits per heavy atom. The van der Waals surface area contributed by atoms with E-state index >= 15 is 0 Å². The maximum absolute atomic E-state index is 13.1. The van der Waals surface area contributed by atoms with Crippen LogP contribution in [-0.2, 0) is 6.18 Å². The van der Waals surface area contributed by atoms with Gasteiger partial charge < -0.3 is 14.5 Å². The Morgan fingerprint density at radius 1 is 1.00 bits per heavy atom. The fraction of sp³-hybridized carbons (Fsp3) is 0.375. The molecule has 14 heteroatoms. The molecular weight excluding hydrogens is 413 g/mol. The fourth-order valence-electron chi connectivity index (χ4n) is 3.12. The summed E-state index contributed by atoms with van der Waals surface area (Å²) in [6, 6.07) is 0.643. The van der Waals surface area contributed by atoms with E-state index in [1.54, 1.807) is 4.90 Å². The van der Waals surface area contributed by atoms with E-state index < -0.39 is 38.6 Å². The molecule has 1 saturated heterocycles. The summed E-state index contributed by atoms with van der Waals surface area (Å²) in [7, 11) is 1.43. The number of halogens is 3. The second kappa shape index (κ2) is 7.96. The van der Waals surface area contributed by atoms with Crippen molar-refractivity contribution in [2.45, 2.75) is 6.18 Å². The number of aromatic nitrogens is 2. The van der Waals surface area contributed by atoms with Crippen molar-refractivity contribution in [3.8, 4) is 5.88 Å². The summed E-state index contributed by atoms with van der Waals surface area (Å²) in [5.74, 6) is 0.759. The third-order valence-corrected chi connectivity index (χ3v) is 4.52. The molecule has 0 saturated carbocycles. The highest BCUT2D eigenvalue weighted by molar-refractivity contribution is 5.76. The number of nitro groups is 2. The van der Waals surface area contributed by atoms with E-state index in [4.69, 9.17) is 4.74 Å². The highest BCUT2D eigenvalue weighted by Crippen LogP contribution is 2.43. The number of hydrogen-bond acceptors (Lipinski definition) is 9. The second-order valence-corrected chi connectivity index (χ2v) is 6.27. The number of anilines is 2. The zero-order chi connectivity index (χ0) is 22.1. The molecule has 0 N–H and O–H groups in total. The molecule has 160 valence electrons. The summed E-state index contributed by atoms with van der Waals surface area (Å²) < 4.78 is 44.2. The maximum atomic E-state index is 13.1. The number of benzene rings is 1. The standard InChI is InChI=1S/C16H15F3N6O5/c1-30-14-9-20-8-13(21-14)22-2-4-23(5-3-22)15-11(24(26)27)6-10(16(17,18)19)7-12(15)25(28)29/h6-9H,2-5H2,1H3. The number of methoxy groups -OCH3 is 1. The molecule has 11 nitrogen and oxygen atoms in total. The summed E-state index contributed by atoms with van der Waals surface area (Å²) in [6.07, 6.45) is -2.06. The molecule has 2 aromatic rings. The number of nitro benzene ring substituents is 2. The van der Waals surface area contributed by atoms with Gasteiger partial charge in [0.15, 0.2) is 11.5 Å². The van der Waals surface area contributed by atoms with Crippen LogP contribution in [0.5, 0.6) is 5.88 Å². The first kappa shape index (κ1) is 21.0. The normalized spacial score (nSPS) is 14.5. The number of rotatable bonds is 5. The Labute approximate surface area is 167 Å². The van der Waals surface area contributed by atoms with Crippen molar-refractivity contribution in [3.05, 3.63) is 50.3 Å². The van der Waals surface area contributed by atoms with Crippen molar-refractivity contribution in [2.75, 3.05) is 43.1 Å². The van der Waals surface area contributed by atoms with Crippen molar-refractivity contribution in [2.24, 2.45) is 0 Å². The minimum atomic E-state index is -4.96. The summed E-state index contributed by atoms with van der Waals surface area (Å²) >= 11 is 0. The van der Waals surface area contributed by atoms with Crippen LogP contribution in [0.3, 0.4) is 0 Å². The van der Waals surface area contributed by atoms with E-state index in [9.17, 15) is 33.4 Å². The Kier molecular flexibility index (Phi) is 5.58. The lowest BCUT2D eigenvalue weighted by Crippen LogP contribution is -2.47. The molecule has 1 aliphatic rings. The van der Waals surface area contributed by atoms with Crippen LogP contribution in [0, 0.1) is 20.2 Å². The third kappa shape index (κ3) is 4.16. The molecule has 0 amide bonds. The van der Waals surface area contributed by atoms with Gasteiger partial charge in [-0.1, -0.05) is 0 Å². The third-order valence-electron chi connectivity index (χ3n) is 4.52. The van der Waals surface area contributed by atoms with Crippen LogP contribution < -0.4 is 14.5 Å². The molecule has 0 aliphatic carbocycles. The van der Waals surface area contributed by atoms with Gasteiger partial charge in [-0.3, -0.25) is 25.2 Å². The van der Waals surface area contributed by atoms with Gasteiger partial charge in [0.25, 0.3) is 11.4 Å². The fourth-order valence-corrected chi connectivity index (χ4v) is 3.12. The smallest absolute Gasteiger partial charge is 0.416 e. The van der Waals surface area contributed by atoms with Gasteiger partial charge in [0, 0.05) is 38.3 Å². The average molecular weight is 428 g/mol. The largest absolute Gasteiger partial charge is 0.480 e. The number of nitrogens with zero attached hydrogens (tertiary/aromatic N) is 6. The van der Waals surface area contributed by atoms with Crippen molar-refractivity contribution in [3.63, 3.8) is 0 Å². The van der Waals surface area contributed by atoms with Crippen molar-refractivity contribution in [1.29, 1.82) is 0 Å². The molecule has 0 radical (unpaired) electrons. The lowest BCUT2D eigenvalue weighted by atomic mass is 10.1. The zero-order valence-corrected chi connectivity index (χ0v) is 15.5. The molecule has 0 spiro atoms. The van der Waals surface area contributed by atoms with Gasteiger partial charge in [0.05, 0.1) is 34.9 Å². The topological polar surface area (TPSA) is 128 Å². The summed E-state index contributed by atoms with van der Waals surface area (Å²) in [6.45, 7) is 0.701. The van der Waals surface area contributed by atoms with E-state index in [1.807, 2.05) is 0 Å². The van der Waals surface area contributed by atoms with Crippen LogP contribution in [0.4, 0.5) is 36.1 Å². The van der Waals surface area contributed by atoms with Crippen molar-refractivity contribution < 1.29 is 27.8 Å². The molecule has 1 aliphatic heterocycles. The molecule has 2 heterocycles. The highest BCUT2D eigenvalue weighted by Gasteiger charge is 2.39. The van der Waals surface area contributed by atoms with Gasteiger partial charge in [0.2, 0.25) is 5.88 Å². The second-order valence-electron chi connectivity index (χ2n) is 6.27. The first-order valence-electron chi connectivity index (χ1n) is 8.51. The van der Waals surface area contributed by atoms with E-state index in [1.165, 1.54) is 24.4 Å². The minimum absolute atomic E-state index is 0.0892. The number of piperazine rings is 1. The van der Waals surface area contributed by atoms with E-state index in [0.717, 1.165) is 0 Å². The Bertz CT molecular complexity index is 943. The molecule has 30 heavy (non-hydrogen) atoms. The van der Waals surface area contributed by atoms with E-state index in [0.29, 0.717) is 18.0 Å². The Hall–Kier alpha value is -3.71. The summed E-state index contributed by atoms with van der Waals surface area (Å²) in [5.41, 5.74) is -3.83. The molecular formula is C16H15F3N6O5. The minimum Gasteiger partial charge on any atom is -0.480 e. The molecule has 0 atom stereocenters. The Morgan fingerprint density at radius 2 is 1.53 bits per heavy atom. The summed E-state index contributed by atoms with van der Waals surface area (Å²) in [4.78, 5) is 32.1. The van der Waals surface area contributed by atoms with Gasteiger partial charge in [-0.25, -0.2) is 0 Å². The van der Waals surface area contributed by atoms with Crippen LogP contribution >= 0.6 is 0 Å². The summed E-state index contributed by atoms with van der Waals surface area (Å²) in [5, 5.41) is 22.8. The predicted octanol–water partition coefficient (Wildman–Crippen LogP) is 2.65. The highest BCUT2D eigenvalue weighted by atomic mass is 19.4. The predicted molar refractivity (Wildman–Crippen MR) is 97.8 cm³/mol. The van der Waals surface area contributed by atoms with Crippen molar-refractivity contribution in [1.82, 2.24) is 9.97 Å². The van der Waals surface area contributed by atoms with Crippen LogP contribution in [0.2, 0.25) is 0 Å². The van der Waals surface area contributed by atoms with Gasteiger partial charge >= 0.3 is 6.18 Å². The molecule has 3 rings (SSSR count). The molecule has 0 unspecified atom stereocenters. The van der Waals surface area contributed by atoms with Crippen LogP contribution in [0.15, 0.2) is 24.5 Å². The van der Waals surface area contributed by atoms with Crippen LogP contribution in [-0.4, -0.2) is 53.1 Å². The lowest BCUT2D eigenvalue weighted by Gasteiger charge is -2.36. The zero-order valence-electron chi connectivity index (χ0n) is 15.5. The van der Waals surface area contributed by atoms with Gasteiger partial charge in [-0.15, -0.1) is 0 Å². The Balaban J connectivity index is 1.94. The van der Waals surface area contributed by atoms with E-state index in [2.05, 4.69) is 9.97 Å². The average Bonchev–Trinajstić information content (AvgIpc) is 2.72. The van der Waals surface area contributed by atoms with Gasteiger partial charge in [-0.2, -0.15) is 18.2 Å². The maximum Gasteiger partial charge on any atom is 0.416 e. The van der Waals surface area contributed by atoms with Crippen LogP contribution in [0.25, 0.3) is 0 Å². The molecule has 1 aromatic heterocycles. The molecule has 1 fully saturated rings. The lowest BCUT2D eigenvalue weighted by molar-refractivity contribution is -0.393. The number of alkyl halides is 3. The first-order chi connectivity index (χ1) is 14.1.